The number of rotatable bonds is 13. The third-order valence-electron chi connectivity index (χ3n) is 5.85. The fourth-order valence-electron chi connectivity index (χ4n) is 4.90. The lowest BCUT2D eigenvalue weighted by atomic mass is 9.77. The molecular formula is C23H45NO3. The summed E-state index contributed by atoms with van der Waals surface area (Å²) in [5.74, 6) is 0.286. The first kappa shape index (κ1) is 24.4. The molecule has 1 aliphatic rings. The third kappa shape index (κ3) is 8.51. The van der Waals surface area contributed by atoms with E-state index < -0.39 is 0 Å². The van der Waals surface area contributed by atoms with Crippen molar-refractivity contribution < 1.29 is 14.6 Å². The Labute approximate surface area is 168 Å². The summed E-state index contributed by atoms with van der Waals surface area (Å²) in [5, 5.41) is 9.02. The number of hydrogen-bond acceptors (Lipinski definition) is 3. The molecule has 27 heavy (non-hydrogen) atoms. The van der Waals surface area contributed by atoms with E-state index in [2.05, 4.69) is 39.5 Å². The Morgan fingerprint density at radius 1 is 0.926 bits per heavy atom. The molecule has 1 heterocycles. The molecule has 1 aliphatic heterocycles. The average molecular weight is 384 g/mol. The van der Waals surface area contributed by atoms with Crippen molar-refractivity contribution in [1.82, 2.24) is 4.90 Å². The lowest BCUT2D eigenvalue weighted by Gasteiger charge is -2.55. The summed E-state index contributed by atoms with van der Waals surface area (Å²) in [6.07, 6.45) is 13.9. The Morgan fingerprint density at radius 2 is 1.41 bits per heavy atom. The van der Waals surface area contributed by atoms with Crippen molar-refractivity contribution in [3.8, 4) is 0 Å². The molecule has 0 aromatic rings. The van der Waals surface area contributed by atoms with Gasteiger partial charge in [-0.2, -0.15) is 0 Å². The minimum absolute atomic E-state index is 0.0542. The van der Waals surface area contributed by atoms with Crippen LogP contribution in [-0.2, 0) is 9.53 Å². The molecule has 0 aromatic carbocycles. The van der Waals surface area contributed by atoms with Crippen molar-refractivity contribution in [2.75, 3.05) is 13.2 Å². The number of hydrogen-bond donors (Lipinski definition) is 1. The number of likely N-dealkylation sites (tertiary alicyclic amines) is 1. The zero-order chi connectivity index (χ0) is 20.3. The highest BCUT2D eigenvalue weighted by molar-refractivity contribution is 5.78. The van der Waals surface area contributed by atoms with Gasteiger partial charge in [-0.15, -0.1) is 0 Å². The first-order valence-electron chi connectivity index (χ1n) is 11.3. The van der Waals surface area contributed by atoms with Crippen LogP contribution in [0.3, 0.4) is 0 Å². The van der Waals surface area contributed by atoms with Crippen LogP contribution in [0.2, 0.25) is 0 Å². The Kier molecular flexibility index (Phi) is 10.9. The highest BCUT2D eigenvalue weighted by atomic mass is 16.5. The highest BCUT2D eigenvalue weighted by Gasteiger charge is 2.47. The van der Waals surface area contributed by atoms with Crippen LogP contribution in [0.1, 0.15) is 112 Å². The summed E-state index contributed by atoms with van der Waals surface area (Å²) in [6, 6.07) is 0. The number of aliphatic hydroxyl groups is 1. The lowest BCUT2D eigenvalue weighted by Crippen LogP contribution is -2.64. The van der Waals surface area contributed by atoms with Crippen molar-refractivity contribution in [3.05, 3.63) is 0 Å². The van der Waals surface area contributed by atoms with Gasteiger partial charge in [-0.25, -0.2) is 0 Å². The van der Waals surface area contributed by atoms with E-state index >= 15 is 0 Å². The monoisotopic (exact) mass is 383 g/mol. The van der Waals surface area contributed by atoms with Crippen molar-refractivity contribution >= 4 is 5.91 Å². The van der Waals surface area contributed by atoms with Crippen LogP contribution in [-0.4, -0.2) is 46.3 Å². The molecule has 0 unspecified atom stereocenters. The van der Waals surface area contributed by atoms with Crippen LogP contribution in [0.5, 0.6) is 0 Å². The standard InChI is InChI=1S/C23H45NO3/c1-6-7-8-9-10-11-12-13-14-15-21(26)24-22(2,3)18-20(27-17-16-25)19-23(24,4)5/h20,25H,6-19H2,1-5H3. The first-order valence-corrected chi connectivity index (χ1v) is 11.3. The zero-order valence-electron chi connectivity index (χ0n) is 18.7. The molecule has 0 atom stereocenters. The fourth-order valence-corrected chi connectivity index (χ4v) is 4.90. The number of amides is 1. The fraction of sp³-hybridized carbons (Fsp3) is 0.957. The van der Waals surface area contributed by atoms with Gasteiger partial charge in [-0.3, -0.25) is 4.79 Å². The van der Waals surface area contributed by atoms with Gasteiger partial charge in [0, 0.05) is 17.5 Å². The van der Waals surface area contributed by atoms with E-state index in [1.807, 2.05) is 0 Å². The van der Waals surface area contributed by atoms with Crippen LogP contribution < -0.4 is 0 Å². The molecule has 0 aromatic heterocycles. The number of nitrogens with zero attached hydrogens (tertiary/aromatic N) is 1. The number of aliphatic hydroxyl groups excluding tert-OH is 1. The molecule has 0 saturated carbocycles. The Morgan fingerprint density at radius 3 is 1.89 bits per heavy atom. The minimum atomic E-state index is -0.210. The number of unbranched alkanes of at least 4 members (excludes halogenated alkanes) is 8. The first-order chi connectivity index (χ1) is 12.7. The molecule has 0 radical (unpaired) electrons. The molecule has 160 valence electrons. The molecule has 4 nitrogen and oxygen atoms in total. The van der Waals surface area contributed by atoms with Gasteiger partial charge < -0.3 is 14.7 Å². The maximum atomic E-state index is 13.0. The van der Waals surface area contributed by atoms with Gasteiger partial charge in [-0.05, 0) is 47.0 Å². The van der Waals surface area contributed by atoms with E-state index in [-0.39, 0.29) is 29.7 Å². The van der Waals surface area contributed by atoms with Crippen LogP contribution in [0.4, 0.5) is 0 Å². The number of piperidine rings is 1. The van der Waals surface area contributed by atoms with Crippen molar-refractivity contribution in [3.63, 3.8) is 0 Å². The topological polar surface area (TPSA) is 49.8 Å². The number of ether oxygens (including phenoxy) is 1. The van der Waals surface area contributed by atoms with Gasteiger partial charge in [0.25, 0.3) is 0 Å². The van der Waals surface area contributed by atoms with Crippen molar-refractivity contribution in [1.29, 1.82) is 0 Å². The molecule has 4 heteroatoms. The molecule has 1 saturated heterocycles. The SMILES string of the molecule is CCCCCCCCCCCC(=O)N1C(C)(C)CC(OCCO)CC1(C)C. The van der Waals surface area contributed by atoms with Crippen molar-refractivity contribution in [2.24, 2.45) is 0 Å². The Bertz CT molecular complexity index is 402. The maximum Gasteiger partial charge on any atom is 0.223 e. The van der Waals surface area contributed by atoms with E-state index in [9.17, 15) is 4.79 Å². The summed E-state index contributed by atoms with van der Waals surface area (Å²) in [5.41, 5.74) is -0.420. The molecule has 0 aliphatic carbocycles. The van der Waals surface area contributed by atoms with Gasteiger partial charge in [0.2, 0.25) is 5.91 Å². The summed E-state index contributed by atoms with van der Waals surface area (Å²) in [7, 11) is 0. The van der Waals surface area contributed by atoms with Gasteiger partial charge in [-0.1, -0.05) is 58.3 Å². The predicted molar refractivity (Wildman–Crippen MR) is 113 cm³/mol. The molecule has 0 spiro atoms. The Hall–Kier alpha value is -0.610. The third-order valence-corrected chi connectivity index (χ3v) is 5.85. The zero-order valence-corrected chi connectivity index (χ0v) is 18.7. The second-order valence-corrected chi connectivity index (χ2v) is 9.56. The second-order valence-electron chi connectivity index (χ2n) is 9.56. The predicted octanol–water partition coefficient (Wildman–Crippen LogP) is 5.46. The van der Waals surface area contributed by atoms with Gasteiger partial charge >= 0.3 is 0 Å². The summed E-state index contributed by atoms with van der Waals surface area (Å²) < 4.78 is 5.80. The number of carbonyl (C=O) groups is 1. The number of carbonyl (C=O) groups excluding carboxylic acids is 1. The van der Waals surface area contributed by atoms with Gasteiger partial charge in [0.15, 0.2) is 0 Å². The molecule has 0 bridgehead atoms. The van der Waals surface area contributed by atoms with Gasteiger partial charge in [0.1, 0.15) is 0 Å². The summed E-state index contributed by atoms with van der Waals surface area (Å²) >= 11 is 0. The average Bonchev–Trinajstić information content (AvgIpc) is 2.56. The van der Waals surface area contributed by atoms with Crippen LogP contribution in [0.25, 0.3) is 0 Å². The smallest absolute Gasteiger partial charge is 0.223 e. The highest BCUT2D eigenvalue weighted by Crippen LogP contribution is 2.40. The van der Waals surface area contributed by atoms with Crippen LogP contribution in [0, 0.1) is 0 Å². The molecule has 1 fully saturated rings. The van der Waals surface area contributed by atoms with E-state index in [1.54, 1.807) is 0 Å². The van der Waals surface area contributed by atoms with Crippen molar-refractivity contribution in [2.45, 2.75) is 129 Å². The molecule has 1 amide bonds. The normalized spacial score (nSPS) is 19.4. The van der Waals surface area contributed by atoms with Crippen LogP contribution >= 0.6 is 0 Å². The summed E-state index contributed by atoms with van der Waals surface area (Å²) in [6.45, 7) is 11.3. The minimum Gasteiger partial charge on any atom is -0.394 e. The Balaban J connectivity index is 2.38. The van der Waals surface area contributed by atoms with E-state index in [1.165, 1.54) is 44.9 Å². The largest absolute Gasteiger partial charge is 0.394 e. The van der Waals surface area contributed by atoms with Crippen LogP contribution in [0.15, 0.2) is 0 Å². The van der Waals surface area contributed by atoms with E-state index in [0.717, 1.165) is 25.7 Å². The molecule has 1 rings (SSSR count). The van der Waals surface area contributed by atoms with E-state index in [4.69, 9.17) is 9.84 Å². The quantitative estimate of drug-likeness (QED) is 0.429. The van der Waals surface area contributed by atoms with Gasteiger partial charge in [0.05, 0.1) is 19.3 Å². The summed E-state index contributed by atoms with van der Waals surface area (Å²) in [4.78, 5) is 15.1. The lowest BCUT2D eigenvalue weighted by molar-refractivity contribution is -0.159. The molecular weight excluding hydrogens is 338 g/mol. The molecule has 1 N–H and O–H groups in total. The van der Waals surface area contributed by atoms with E-state index in [0.29, 0.717) is 13.0 Å². The second kappa shape index (κ2) is 12.1. The maximum absolute atomic E-state index is 13.0.